The van der Waals surface area contributed by atoms with E-state index >= 15 is 0 Å². The molecular weight excluding hydrogens is 214 g/mol. The highest BCUT2D eigenvalue weighted by Gasteiger charge is 2.27. The van der Waals surface area contributed by atoms with Crippen molar-refractivity contribution in [2.75, 3.05) is 5.32 Å². The van der Waals surface area contributed by atoms with E-state index in [4.69, 9.17) is 5.11 Å². The van der Waals surface area contributed by atoms with E-state index in [1.165, 1.54) is 19.3 Å². The first-order valence-corrected chi connectivity index (χ1v) is 6.21. The Bertz CT molecular complexity index is 408. The molecule has 0 atom stereocenters. The highest BCUT2D eigenvalue weighted by Crippen LogP contribution is 2.32. The third kappa shape index (κ3) is 2.78. The number of nitrogens with one attached hydrogen (secondary N) is 1. The van der Waals surface area contributed by atoms with Crippen LogP contribution in [0.15, 0.2) is 24.3 Å². The van der Waals surface area contributed by atoms with Gasteiger partial charge in [0.1, 0.15) is 0 Å². The topological polar surface area (TPSA) is 49.3 Å². The fourth-order valence-electron chi connectivity index (χ4n) is 2.56. The van der Waals surface area contributed by atoms with Gasteiger partial charge in [0.25, 0.3) is 0 Å². The van der Waals surface area contributed by atoms with Crippen molar-refractivity contribution in [2.45, 2.75) is 44.6 Å². The minimum Gasteiger partial charge on any atom is -0.478 e. The molecule has 1 fully saturated rings. The van der Waals surface area contributed by atoms with Crippen molar-refractivity contribution in [2.24, 2.45) is 0 Å². The van der Waals surface area contributed by atoms with E-state index in [0.717, 1.165) is 18.5 Å². The minimum absolute atomic E-state index is 0.0454. The fourth-order valence-corrected chi connectivity index (χ4v) is 2.56. The molecule has 0 aliphatic heterocycles. The Kier molecular flexibility index (Phi) is 3.36. The van der Waals surface area contributed by atoms with Crippen LogP contribution in [0.1, 0.15) is 49.4 Å². The van der Waals surface area contributed by atoms with E-state index < -0.39 is 5.97 Å². The second-order valence-electron chi connectivity index (χ2n) is 5.10. The Balaban J connectivity index is 2.20. The molecule has 17 heavy (non-hydrogen) atoms. The first-order chi connectivity index (χ1) is 8.11. The van der Waals surface area contributed by atoms with Crippen LogP contribution in [-0.4, -0.2) is 16.6 Å². The SMILES string of the molecule is CC1(Nc2ccccc2C(=O)O)CCCCC1. The van der Waals surface area contributed by atoms with Gasteiger partial charge >= 0.3 is 5.97 Å². The van der Waals surface area contributed by atoms with Gasteiger partial charge in [-0.15, -0.1) is 0 Å². The van der Waals surface area contributed by atoms with Gasteiger partial charge in [-0.05, 0) is 31.9 Å². The molecule has 3 nitrogen and oxygen atoms in total. The number of carboxylic acid groups (broad SMARTS) is 1. The number of anilines is 1. The normalized spacial score (nSPS) is 18.6. The largest absolute Gasteiger partial charge is 0.478 e. The van der Waals surface area contributed by atoms with Gasteiger partial charge in [-0.2, -0.15) is 0 Å². The average Bonchev–Trinajstić information content (AvgIpc) is 2.29. The number of hydrogen-bond acceptors (Lipinski definition) is 2. The Morgan fingerprint density at radius 3 is 2.53 bits per heavy atom. The van der Waals surface area contributed by atoms with Crippen LogP contribution in [0.25, 0.3) is 0 Å². The summed E-state index contributed by atoms with van der Waals surface area (Å²) in [5.74, 6) is -0.868. The molecule has 92 valence electrons. The molecule has 3 heteroatoms. The number of carboxylic acids is 1. The van der Waals surface area contributed by atoms with E-state index in [1.807, 2.05) is 12.1 Å². The Hall–Kier alpha value is -1.51. The predicted molar refractivity (Wildman–Crippen MR) is 68.5 cm³/mol. The molecule has 1 aromatic carbocycles. The minimum atomic E-state index is -0.868. The van der Waals surface area contributed by atoms with Crippen molar-refractivity contribution in [1.82, 2.24) is 0 Å². The number of para-hydroxylation sites is 1. The highest BCUT2D eigenvalue weighted by molar-refractivity contribution is 5.94. The number of aromatic carboxylic acids is 1. The Morgan fingerprint density at radius 2 is 1.88 bits per heavy atom. The van der Waals surface area contributed by atoms with E-state index in [0.29, 0.717) is 5.56 Å². The molecule has 0 radical (unpaired) electrons. The zero-order valence-corrected chi connectivity index (χ0v) is 10.2. The second kappa shape index (κ2) is 4.78. The Morgan fingerprint density at radius 1 is 1.24 bits per heavy atom. The maximum absolute atomic E-state index is 11.1. The number of rotatable bonds is 3. The predicted octanol–water partition coefficient (Wildman–Crippen LogP) is 3.52. The lowest BCUT2D eigenvalue weighted by Crippen LogP contribution is -2.37. The quantitative estimate of drug-likeness (QED) is 0.839. The molecule has 0 saturated heterocycles. The van der Waals surface area contributed by atoms with Crippen molar-refractivity contribution in [3.05, 3.63) is 29.8 Å². The molecule has 1 saturated carbocycles. The lowest BCUT2D eigenvalue weighted by atomic mass is 9.83. The summed E-state index contributed by atoms with van der Waals surface area (Å²) in [6.07, 6.45) is 5.96. The third-order valence-electron chi connectivity index (χ3n) is 3.55. The summed E-state index contributed by atoms with van der Waals surface area (Å²) in [6.45, 7) is 2.19. The molecule has 0 unspecified atom stereocenters. The zero-order chi connectivity index (χ0) is 12.3. The van der Waals surface area contributed by atoms with Crippen molar-refractivity contribution < 1.29 is 9.90 Å². The molecular formula is C14H19NO2. The van der Waals surface area contributed by atoms with Crippen molar-refractivity contribution >= 4 is 11.7 Å². The van der Waals surface area contributed by atoms with Gasteiger partial charge < -0.3 is 10.4 Å². The fraction of sp³-hybridized carbons (Fsp3) is 0.500. The monoisotopic (exact) mass is 233 g/mol. The summed E-state index contributed by atoms with van der Waals surface area (Å²) in [6, 6.07) is 7.14. The van der Waals surface area contributed by atoms with E-state index in [1.54, 1.807) is 12.1 Å². The zero-order valence-electron chi connectivity index (χ0n) is 10.2. The van der Waals surface area contributed by atoms with Gasteiger partial charge in [-0.25, -0.2) is 4.79 Å². The summed E-state index contributed by atoms with van der Waals surface area (Å²) in [4.78, 5) is 11.1. The van der Waals surface area contributed by atoms with Crippen molar-refractivity contribution in [3.63, 3.8) is 0 Å². The molecule has 0 spiro atoms. The van der Waals surface area contributed by atoms with E-state index in [-0.39, 0.29) is 5.54 Å². The van der Waals surface area contributed by atoms with Crippen LogP contribution >= 0.6 is 0 Å². The van der Waals surface area contributed by atoms with Gasteiger partial charge in [0.2, 0.25) is 0 Å². The van der Waals surface area contributed by atoms with Crippen LogP contribution in [-0.2, 0) is 0 Å². The molecule has 1 aliphatic carbocycles. The van der Waals surface area contributed by atoms with Gasteiger partial charge in [-0.3, -0.25) is 0 Å². The lowest BCUT2D eigenvalue weighted by Gasteiger charge is -2.36. The molecule has 2 N–H and O–H groups in total. The molecule has 2 rings (SSSR count). The van der Waals surface area contributed by atoms with Gasteiger partial charge in [0.05, 0.1) is 5.56 Å². The van der Waals surface area contributed by atoms with Crippen LogP contribution < -0.4 is 5.32 Å². The molecule has 0 bridgehead atoms. The molecule has 0 amide bonds. The number of benzene rings is 1. The highest BCUT2D eigenvalue weighted by atomic mass is 16.4. The summed E-state index contributed by atoms with van der Waals surface area (Å²) in [5.41, 5.74) is 1.15. The smallest absolute Gasteiger partial charge is 0.337 e. The standard InChI is InChI=1S/C14H19NO2/c1-14(9-5-2-6-10-14)15-12-8-4-3-7-11(12)13(16)17/h3-4,7-8,15H,2,5-6,9-10H2,1H3,(H,16,17). The number of carbonyl (C=O) groups is 1. The molecule has 0 heterocycles. The van der Waals surface area contributed by atoms with Crippen LogP contribution in [0.2, 0.25) is 0 Å². The van der Waals surface area contributed by atoms with Gasteiger partial charge in [-0.1, -0.05) is 31.4 Å². The van der Waals surface area contributed by atoms with E-state index in [9.17, 15) is 4.79 Å². The van der Waals surface area contributed by atoms with E-state index in [2.05, 4.69) is 12.2 Å². The van der Waals surface area contributed by atoms with Crippen LogP contribution in [0.4, 0.5) is 5.69 Å². The summed E-state index contributed by atoms with van der Waals surface area (Å²) in [5, 5.41) is 12.6. The maximum atomic E-state index is 11.1. The Labute approximate surface area is 102 Å². The first kappa shape index (κ1) is 12.0. The van der Waals surface area contributed by atoms with Crippen LogP contribution in [0.5, 0.6) is 0 Å². The lowest BCUT2D eigenvalue weighted by molar-refractivity contribution is 0.0698. The van der Waals surface area contributed by atoms with Crippen LogP contribution in [0, 0.1) is 0 Å². The molecule has 1 aromatic rings. The van der Waals surface area contributed by atoms with Gasteiger partial charge in [0.15, 0.2) is 0 Å². The number of hydrogen-bond donors (Lipinski definition) is 2. The van der Waals surface area contributed by atoms with Crippen molar-refractivity contribution in [3.8, 4) is 0 Å². The molecule has 1 aliphatic rings. The van der Waals surface area contributed by atoms with Crippen LogP contribution in [0.3, 0.4) is 0 Å². The molecule has 0 aromatic heterocycles. The third-order valence-corrected chi connectivity index (χ3v) is 3.55. The maximum Gasteiger partial charge on any atom is 0.337 e. The first-order valence-electron chi connectivity index (χ1n) is 6.21. The van der Waals surface area contributed by atoms with Crippen molar-refractivity contribution in [1.29, 1.82) is 0 Å². The van der Waals surface area contributed by atoms with Gasteiger partial charge in [0, 0.05) is 11.2 Å². The summed E-state index contributed by atoms with van der Waals surface area (Å²) in [7, 11) is 0. The summed E-state index contributed by atoms with van der Waals surface area (Å²) < 4.78 is 0. The second-order valence-corrected chi connectivity index (χ2v) is 5.10. The summed E-state index contributed by atoms with van der Waals surface area (Å²) >= 11 is 0. The average molecular weight is 233 g/mol.